The summed E-state index contributed by atoms with van der Waals surface area (Å²) in [6.07, 6.45) is 1.38. The number of hydrogen-bond acceptors (Lipinski definition) is 5. The average Bonchev–Trinajstić information content (AvgIpc) is 3.37. The monoisotopic (exact) mass is 509 g/mol. The van der Waals surface area contributed by atoms with Gasteiger partial charge in [0.15, 0.2) is 23.1 Å². The summed E-state index contributed by atoms with van der Waals surface area (Å²) in [5.41, 5.74) is 8.26. The quantitative estimate of drug-likeness (QED) is 0.288. The number of nitrogens with one attached hydrogen (secondary N) is 1. The van der Waals surface area contributed by atoms with Crippen molar-refractivity contribution in [1.29, 1.82) is 0 Å². The fraction of sp³-hybridized carbons (Fsp3) is 0.192. The molecule has 184 valence electrons. The maximum absolute atomic E-state index is 13.3. The van der Waals surface area contributed by atoms with Crippen LogP contribution in [0.15, 0.2) is 77.7 Å². The van der Waals surface area contributed by atoms with Crippen LogP contribution in [0, 0.1) is 0 Å². The lowest BCUT2D eigenvalue weighted by Crippen LogP contribution is -2.47. The van der Waals surface area contributed by atoms with Gasteiger partial charge in [-0.25, -0.2) is 9.97 Å². The summed E-state index contributed by atoms with van der Waals surface area (Å²) >= 11 is 5.78. The van der Waals surface area contributed by atoms with Crippen LogP contribution in [0.3, 0.4) is 0 Å². The normalized spacial score (nSPS) is 13.8. The van der Waals surface area contributed by atoms with Crippen molar-refractivity contribution in [2.75, 3.05) is 16.0 Å². The van der Waals surface area contributed by atoms with E-state index in [2.05, 4.69) is 15.3 Å². The fourth-order valence-corrected chi connectivity index (χ4v) is 4.39. The predicted molar refractivity (Wildman–Crippen MR) is 137 cm³/mol. The van der Waals surface area contributed by atoms with Crippen molar-refractivity contribution in [2.24, 2.45) is 0 Å². The van der Waals surface area contributed by atoms with Crippen LogP contribution in [0.5, 0.6) is 0 Å². The smallest absolute Gasteiger partial charge is 0.416 e. The van der Waals surface area contributed by atoms with Gasteiger partial charge in [-0.3, -0.25) is 4.90 Å². The van der Waals surface area contributed by atoms with E-state index in [1.54, 1.807) is 24.4 Å². The lowest BCUT2D eigenvalue weighted by atomic mass is 9.91. The highest BCUT2D eigenvalue weighted by molar-refractivity contribution is 7.80. The van der Waals surface area contributed by atoms with Crippen LogP contribution >= 0.6 is 12.2 Å². The van der Waals surface area contributed by atoms with Gasteiger partial charge in [0.2, 0.25) is 0 Å². The Balaban J connectivity index is 1.47. The van der Waals surface area contributed by atoms with Gasteiger partial charge in [-0.05, 0) is 67.9 Å². The van der Waals surface area contributed by atoms with Crippen LogP contribution in [0.4, 0.5) is 30.4 Å². The number of halogens is 3. The zero-order valence-electron chi connectivity index (χ0n) is 19.0. The molecule has 0 aliphatic heterocycles. The largest absolute Gasteiger partial charge is 0.444 e. The molecule has 1 fully saturated rings. The van der Waals surface area contributed by atoms with Crippen molar-refractivity contribution in [3.63, 3.8) is 0 Å². The summed E-state index contributed by atoms with van der Waals surface area (Å²) in [6.45, 7) is 0. The zero-order valence-corrected chi connectivity index (χ0v) is 19.8. The first-order valence-corrected chi connectivity index (χ1v) is 11.7. The van der Waals surface area contributed by atoms with E-state index in [-0.39, 0.29) is 6.04 Å². The molecule has 2 heterocycles. The van der Waals surface area contributed by atoms with Crippen molar-refractivity contribution >= 4 is 34.5 Å². The number of nitrogen functional groups attached to an aromatic ring is 1. The highest BCUT2D eigenvalue weighted by atomic mass is 32.1. The van der Waals surface area contributed by atoms with E-state index >= 15 is 0 Å². The molecule has 10 heteroatoms. The second kappa shape index (κ2) is 9.62. The van der Waals surface area contributed by atoms with E-state index in [1.165, 1.54) is 12.5 Å². The van der Waals surface area contributed by atoms with Crippen LogP contribution in [0.1, 0.15) is 24.8 Å². The average molecular weight is 510 g/mol. The third kappa shape index (κ3) is 4.90. The van der Waals surface area contributed by atoms with Crippen molar-refractivity contribution in [3.05, 3.63) is 78.8 Å². The maximum atomic E-state index is 13.3. The number of thiocarbonyl (C=S) groups is 1. The van der Waals surface area contributed by atoms with E-state index in [1.807, 2.05) is 29.2 Å². The summed E-state index contributed by atoms with van der Waals surface area (Å²) in [5.74, 6) is 1.04. The number of alkyl halides is 3. The summed E-state index contributed by atoms with van der Waals surface area (Å²) < 4.78 is 45.2. The molecule has 0 amide bonds. The molecule has 4 aromatic rings. The number of nitrogens with zero attached hydrogens (tertiary/aromatic N) is 3. The number of aromatic nitrogens is 2. The maximum Gasteiger partial charge on any atom is 0.416 e. The van der Waals surface area contributed by atoms with Crippen molar-refractivity contribution in [1.82, 2.24) is 9.97 Å². The molecule has 3 N–H and O–H groups in total. The van der Waals surface area contributed by atoms with Crippen molar-refractivity contribution < 1.29 is 17.6 Å². The first kappa shape index (κ1) is 23.8. The third-order valence-electron chi connectivity index (χ3n) is 6.11. The minimum atomic E-state index is -4.45. The summed E-state index contributed by atoms with van der Waals surface area (Å²) in [4.78, 5) is 10.5. The van der Waals surface area contributed by atoms with Crippen LogP contribution in [-0.2, 0) is 6.18 Å². The second-order valence-corrected chi connectivity index (χ2v) is 8.91. The molecule has 1 saturated carbocycles. The molecule has 0 bridgehead atoms. The number of anilines is 3. The van der Waals surface area contributed by atoms with Gasteiger partial charge in [0.05, 0.1) is 23.1 Å². The predicted octanol–water partition coefficient (Wildman–Crippen LogP) is 6.76. The number of benzene rings is 2. The van der Waals surface area contributed by atoms with Crippen LogP contribution < -0.4 is 16.0 Å². The number of hydrogen-bond donors (Lipinski definition) is 2. The lowest BCUT2D eigenvalue weighted by molar-refractivity contribution is -0.137. The highest BCUT2D eigenvalue weighted by Crippen LogP contribution is 2.36. The van der Waals surface area contributed by atoms with Crippen LogP contribution in [0.2, 0.25) is 0 Å². The topological polar surface area (TPSA) is 80.2 Å². The Hall–Kier alpha value is -3.92. The molecule has 6 nitrogen and oxygen atoms in total. The zero-order chi connectivity index (χ0) is 25.3. The molecular formula is C26H22F3N5OS. The molecule has 0 spiro atoms. The molecular weight excluding hydrogens is 487 g/mol. The van der Waals surface area contributed by atoms with Gasteiger partial charge in [-0.15, -0.1) is 0 Å². The second-order valence-electron chi connectivity index (χ2n) is 8.52. The standard InChI is InChI=1S/C26H22F3N5OS/c27-26(28,29)18-6-1-4-16(12-18)22-11-10-21(30)24(33-22)34(20-8-3-9-20)25(36)32-19-7-2-5-17(13-19)23-14-31-15-35-23/h1-2,4-7,10-15,20H,3,8-9,30H2,(H,32,36). The summed E-state index contributed by atoms with van der Waals surface area (Å²) in [5, 5.41) is 3.66. The van der Waals surface area contributed by atoms with Gasteiger partial charge in [-0.1, -0.05) is 24.3 Å². The van der Waals surface area contributed by atoms with Crippen LogP contribution in [0.25, 0.3) is 22.6 Å². The van der Waals surface area contributed by atoms with Gasteiger partial charge in [0.1, 0.15) is 0 Å². The number of pyridine rings is 1. The molecule has 0 unspecified atom stereocenters. The molecule has 1 aliphatic rings. The first-order valence-electron chi connectivity index (χ1n) is 11.3. The Morgan fingerprint density at radius 3 is 2.53 bits per heavy atom. The first-order chi connectivity index (χ1) is 17.3. The summed E-state index contributed by atoms with van der Waals surface area (Å²) in [6, 6.07) is 16.0. The number of oxazole rings is 1. The van der Waals surface area contributed by atoms with Crippen LogP contribution in [-0.4, -0.2) is 21.1 Å². The molecule has 2 aromatic heterocycles. The molecule has 36 heavy (non-hydrogen) atoms. The van der Waals surface area contributed by atoms with E-state index < -0.39 is 11.7 Å². The van der Waals surface area contributed by atoms with Gasteiger partial charge in [0, 0.05) is 22.9 Å². The highest BCUT2D eigenvalue weighted by Gasteiger charge is 2.32. The Labute approximate surface area is 211 Å². The number of rotatable bonds is 5. The minimum Gasteiger partial charge on any atom is -0.444 e. The molecule has 2 aromatic carbocycles. The van der Waals surface area contributed by atoms with Gasteiger partial charge < -0.3 is 15.5 Å². The van der Waals surface area contributed by atoms with Gasteiger partial charge in [0.25, 0.3) is 0 Å². The Morgan fingerprint density at radius 1 is 1.06 bits per heavy atom. The third-order valence-corrected chi connectivity index (χ3v) is 6.41. The van der Waals surface area contributed by atoms with E-state index in [0.717, 1.165) is 42.6 Å². The SMILES string of the molecule is Nc1ccc(-c2cccc(C(F)(F)F)c2)nc1N(C(=S)Nc1cccc(-c2cnco2)c1)C1CCC1. The van der Waals surface area contributed by atoms with Crippen molar-refractivity contribution in [2.45, 2.75) is 31.5 Å². The lowest BCUT2D eigenvalue weighted by Gasteiger charge is -2.39. The number of nitrogens with two attached hydrogens (primary N) is 1. The van der Waals surface area contributed by atoms with Gasteiger partial charge in [-0.2, -0.15) is 13.2 Å². The molecule has 0 radical (unpaired) electrons. The van der Waals surface area contributed by atoms with Crippen molar-refractivity contribution in [3.8, 4) is 22.6 Å². The molecule has 0 saturated heterocycles. The minimum absolute atomic E-state index is 0.0778. The molecule has 0 atom stereocenters. The molecule has 5 rings (SSSR count). The van der Waals surface area contributed by atoms with E-state index in [4.69, 9.17) is 22.4 Å². The van der Waals surface area contributed by atoms with E-state index in [0.29, 0.717) is 33.6 Å². The summed E-state index contributed by atoms with van der Waals surface area (Å²) in [7, 11) is 0. The Kier molecular flexibility index (Phi) is 6.36. The molecule has 1 aliphatic carbocycles. The fourth-order valence-electron chi connectivity index (χ4n) is 4.04. The Morgan fingerprint density at radius 2 is 1.83 bits per heavy atom. The van der Waals surface area contributed by atoms with Gasteiger partial charge >= 0.3 is 6.18 Å². The Bertz CT molecular complexity index is 1390. The van der Waals surface area contributed by atoms with E-state index in [9.17, 15) is 13.2 Å².